The third-order valence-corrected chi connectivity index (χ3v) is 3.07. The van der Waals surface area contributed by atoms with Gasteiger partial charge in [0.25, 0.3) is 0 Å². The van der Waals surface area contributed by atoms with Gasteiger partial charge in [-0.15, -0.1) is 0 Å². The lowest BCUT2D eigenvalue weighted by atomic mass is 9.86. The lowest BCUT2D eigenvalue weighted by Gasteiger charge is -2.32. The van der Waals surface area contributed by atoms with E-state index in [9.17, 15) is 9.90 Å². The molecule has 0 aliphatic carbocycles. The molecule has 4 nitrogen and oxygen atoms in total. The van der Waals surface area contributed by atoms with Crippen LogP contribution < -0.4 is 5.32 Å². The number of nitrogens with one attached hydrogen (secondary N) is 1. The van der Waals surface area contributed by atoms with Crippen LogP contribution in [0.15, 0.2) is 30.3 Å². The van der Waals surface area contributed by atoms with Gasteiger partial charge in [-0.25, -0.2) is 4.79 Å². The molecule has 0 aliphatic rings. The van der Waals surface area contributed by atoms with Gasteiger partial charge >= 0.3 is 6.09 Å². The van der Waals surface area contributed by atoms with Crippen molar-refractivity contribution in [1.82, 2.24) is 5.32 Å². The Morgan fingerprint density at radius 3 is 2.50 bits per heavy atom. The molecule has 1 aromatic carbocycles. The average molecular weight is 251 g/mol. The number of rotatable bonds is 7. The standard InChI is InChI=1S/C14H21NO3/c1-2-3-9-14(11-16,15-13(17)18)10-12-7-5-4-6-8-12/h4-8,15-16H,2-3,9-11H2,1H3,(H,17,18). The molecule has 0 fully saturated rings. The lowest BCUT2D eigenvalue weighted by molar-refractivity contribution is 0.129. The van der Waals surface area contributed by atoms with Crippen LogP contribution in [0.3, 0.4) is 0 Å². The molecule has 0 bridgehead atoms. The maximum atomic E-state index is 10.9. The van der Waals surface area contributed by atoms with Crippen molar-refractivity contribution in [2.75, 3.05) is 6.61 Å². The van der Waals surface area contributed by atoms with Crippen molar-refractivity contribution in [3.63, 3.8) is 0 Å². The predicted molar refractivity (Wildman–Crippen MR) is 70.6 cm³/mol. The largest absolute Gasteiger partial charge is 0.465 e. The van der Waals surface area contributed by atoms with Crippen LogP contribution in [0, 0.1) is 0 Å². The van der Waals surface area contributed by atoms with Gasteiger partial charge in [0.15, 0.2) is 0 Å². The first-order valence-corrected chi connectivity index (χ1v) is 6.28. The van der Waals surface area contributed by atoms with Crippen LogP contribution >= 0.6 is 0 Å². The molecule has 0 saturated carbocycles. The molecule has 1 amide bonds. The highest BCUT2D eigenvalue weighted by atomic mass is 16.4. The molecule has 1 atom stereocenters. The summed E-state index contributed by atoms with van der Waals surface area (Å²) in [6, 6.07) is 9.64. The lowest BCUT2D eigenvalue weighted by Crippen LogP contribution is -2.52. The Morgan fingerprint density at radius 1 is 1.33 bits per heavy atom. The van der Waals surface area contributed by atoms with Crippen molar-refractivity contribution in [1.29, 1.82) is 0 Å². The summed E-state index contributed by atoms with van der Waals surface area (Å²) in [5, 5.41) is 21.0. The maximum absolute atomic E-state index is 10.9. The number of hydrogen-bond acceptors (Lipinski definition) is 2. The maximum Gasteiger partial charge on any atom is 0.405 e. The molecule has 4 heteroatoms. The summed E-state index contributed by atoms with van der Waals surface area (Å²) in [5.41, 5.74) is 0.250. The van der Waals surface area contributed by atoms with Crippen molar-refractivity contribution in [3.8, 4) is 0 Å². The number of aliphatic hydroxyl groups excluding tert-OH is 1. The molecule has 1 aromatic rings. The van der Waals surface area contributed by atoms with E-state index in [-0.39, 0.29) is 6.61 Å². The molecule has 0 heterocycles. The molecule has 1 unspecified atom stereocenters. The average Bonchev–Trinajstić information content (AvgIpc) is 2.36. The van der Waals surface area contributed by atoms with Gasteiger partial charge in [0.05, 0.1) is 12.1 Å². The van der Waals surface area contributed by atoms with E-state index in [4.69, 9.17) is 5.11 Å². The van der Waals surface area contributed by atoms with Crippen LogP contribution in [-0.2, 0) is 6.42 Å². The molecule has 0 aliphatic heterocycles. The summed E-state index contributed by atoms with van der Waals surface area (Å²) in [4.78, 5) is 10.9. The van der Waals surface area contributed by atoms with Gasteiger partial charge in [-0.05, 0) is 18.4 Å². The van der Waals surface area contributed by atoms with E-state index in [1.54, 1.807) is 0 Å². The zero-order valence-electron chi connectivity index (χ0n) is 10.7. The Balaban J connectivity index is 2.83. The van der Waals surface area contributed by atoms with Gasteiger partial charge in [0.1, 0.15) is 0 Å². The number of carboxylic acid groups (broad SMARTS) is 1. The van der Waals surface area contributed by atoms with Gasteiger partial charge in [-0.3, -0.25) is 0 Å². The van der Waals surface area contributed by atoms with E-state index in [1.165, 1.54) is 0 Å². The smallest absolute Gasteiger partial charge is 0.405 e. The van der Waals surface area contributed by atoms with Crippen molar-refractivity contribution >= 4 is 6.09 Å². The van der Waals surface area contributed by atoms with E-state index in [0.29, 0.717) is 12.8 Å². The van der Waals surface area contributed by atoms with Crippen LogP contribution in [0.4, 0.5) is 4.79 Å². The third-order valence-electron chi connectivity index (χ3n) is 3.07. The summed E-state index contributed by atoms with van der Waals surface area (Å²) in [7, 11) is 0. The molecule has 0 spiro atoms. The summed E-state index contributed by atoms with van der Waals surface area (Å²) in [6.07, 6.45) is 1.92. The minimum absolute atomic E-state index is 0.186. The summed E-state index contributed by atoms with van der Waals surface area (Å²) < 4.78 is 0. The normalized spacial score (nSPS) is 13.9. The fraction of sp³-hybridized carbons (Fsp3) is 0.500. The van der Waals surface area contributed by atoms with Gasteiger partial charge in [-0.2, -0.15) is 0 Å². The van der Waals surface area contributed by atoms with Gasteiger partial charge in [0, 0.05) is 0 Å². The summed E-state index contributed by atoms with van der Waals surface area (Å²) >= 11 is 0. The van der Waals surface area contributed by atoms with Gasteiger partial charge < -0.3 is 15.5 Å². The predicted octanol–water partition coefficient (Wildman–Crippen LogP) is 2.42. The second-order valence-electron chi connectivity index (χ2n) is 4.63. The number of carbonyl (C=O) groups is 1. The fourth-order valence-electron chi connectivity index (χ4n) is 2.10. The first kappa shape index (κ1) is 14.5. The highest BCUT2D eigenvalue weighted by Crippen LogP contribution is 2.20. The van der Waals surface area contributed by atoms with Crippen LogP contribution in [0.1, 0.15) is 31.7 Å². The first-order chi connectivity index (χ1) is 8.62. The van der Waals surface area contributed by atoms with E-state index in [0.717, 1.165) is 18.4 Å². The van der Waals surface area contributed by atoms with Crippen LogP contribution in [0.2, 0.25) is 0 Å². The molecular formula is C14H21NO3. The van der Waals surface area contributed by atoms with Crippen molar-refractivity contribution < 1.29 is 15.0 Å². The Bertz CT molecular complexity index is 367. The minimum Gasteiger partial charge on any atom is -0.465 e. The Labute approximate surface area is 108 Å². The topological polar surface area (TPSA) is 69.6 Å². The Morgan fingerprint density at radius 2 is 2.00 bits per heavy atom. The third kappa shape index (κ3) is 4.37. The second kappa shape index (κ2) is 7.01. The van der Waals surface area contributed by atoms with Crippen molar-refractivity contribution in [2.45, 2.75) is 38.1 Å². The Kier molecular flexibility index (Phi) is 5.65. The number of amides is 1. The van der Waals surface area contributed by atoms with E-state index < -0.39 is 11.6 Å². The monoisotopic (exact) mass is 251 g/mol. The van der Waals surface area contributed by atoms with Gasteiger partial charge in [-0.1, -0.05) is 50.1 Å². The molecule has 0 saturated heterocycles. The Hall–Kier alpha value is -1.55. The van der Waals surface area contributed by atoms with Crippen LogP contribution in [-0.4, -0.2) is 28.5 Å². The molecular weight excluding hydrogens is 230 g/mol. The number of unbranched alkanes of at least 4 members (excludes halogenated alkanes) is 1. The molecule has 18 heavy (non-hydrogen) atoms. The number of hydrogen-bond donors (Lipinski definition) is 3. The molecule has 0 aromatic heterocycles. The zero-order valence-corrected chi connectivity index (χ0v) is 10.7. The van der Waals surface area contributed by atoms with Crippen molar-refractivity contribution in [3.05, 3.63) is 35.9 Å². The quantitative estimate of drug-likeness (QED) is 0.697. The van der Waals surface area contributed by atoms with Crippen LogP contribution in [0.25, 0.3) is 0 Å². The fourth-order valence-corrected chi connectivity index (χ4v) is 2.10. The number of aliphatic hydroxyl groups is 1. The molecule has 0 radical (unpaired) electrons. The highest BCUT2D eigenvalue weighted by Gasteiger charge is 2.30. The first-order valence-electron chi connectivity index (χ1n) is 6.28. The van der Waals surface area contributed by atoms with Crippen LogP contribution in [0.5, 0.6) is 0 Å². The summed E-state index contributed by atoms with van der Waals surface area (Å²) in [5.74, 6) is 0. The zero-order chi connectivity index (χ0) is 13.4. The second-order valence-corrected chi connectivity index (χ2v) is 4.63. The molecule has 3 N–H and O–H groups in total. The minimum atomic E-state index is -1.09. The van der Waals surface area contributed by atoms with E-state index >= 15 is 0 Å². The highest BCUT2D eigenvalue weighted by molar-refractivity contribution is 5.65. The SMILES string of the molecule is CCCCC(CO)(Cc1ccccc1)NC(=O)O. The van der Waals surface area contributed by atoms with Crippen molar-refractivity contribution in [2.24, 2.45) is 0 Å². The van der Waals surface area contributed by atoms with E-state index in [2.05, 4.69) is 5.32 Å². The number of benzene rings is 1. The van der Waals surface area contributed by atoms with E-state index in [1.807, 2.05) is 37.3 Å². The summed E-state index contributed by atoms with van der Waals surface area (Å²) in [6.45, 7) is 1.86. The molecule has 100 valence electrons. The van der Waals surface area contributed by atoms with Gasteiger partial charge in [0.2, 0.25) is 0 Å². The molecule has 1 rings (SSSR count).